The fourth-order valence-corrected chi connectivity index (χ4v) is 4.46. The highest BCUT2D eigenvalue weighted by Gasteiger charge is 2.37. The van der Waals surface area contributed by atoms with Crippen molar-refractivity contribution in [2.24, 2.45) is 0 Å². The first-order valence-corrected chi connectivity index (χ1v) is 11.9. The second-order valence-electron chi connectivity index (χ2n) is 8.60. The zero-order chi connectivity index (χ0) is 25.8. The normalized spacial score (nSPS) is 15.9. The summed E-state index contributed by atoms with van der Waals surface area (Å²) in [6.45, 7) is 0.605. The quantitative estimate of drug-likeness (QED) is 0.341. The molecule has 0 spiro atoms. The van der Waals surface area contributed by atoms with Gasteiger partial charge in [0.2, 0.25) is 0 Å². The molecule has 11 heteroatoms. The van der Waals surface area contributed by atoms with Crippen LogP contribution in [0.1, 0.15) is 65.1 Å². The highest BCUT2D eigenvalue weighted by Crippen LogP contribution is 2.36. The van der Waals surface area contributed by atoms with Gasteiger partial charge in [-0.1, -0.05) is 42.1 Å². The molecule has 2 aromatic carbocycles. The molecular weight excluding hydrogens is 517 g/mol. The van der Waals surface area contributed by atoms with E-state index in [9.17, 15) is 31.1 Å². The number of alkyl halides is 6. The van der Waals surface area contributed by atoms with Gasteiger partial charge in [0.05, 0.1) is 21.2 Å². The molecule has 1 fully saturated rings. The summed E-state index contributed by atoms with van der Waals surface area (Å²) in [6, 6.07) is 6.20. The van der Waals surface area contributed by atoms with Gasteiger partial charge in [0.1, 0.15) is 0 Å². The van der Waals surface area contributed by atoms with E-state index >= 15 is 0 Å². The Morgan fingerprint density at radius 2 is 1.51 bits per heavy atom. The lowest BCUT2D eigenvalue weighted by molar-refractivity contribution is -0.143. The van der Waals surface area contributed by atoms with Gasteiger partial charge in [-0.3, -0.25) is 4.79 Å². The number of nitrogens with one attached hydrogen (secondary N) is 2. The third kappa shape index (κ3) is 7.75. The number of rotatable bonds is 8. The minimum atomic E-state index is -5.04. The fraction of sp³-hybridized carbons (Fsp3) is 0.458. The van der Waals surface area contributed by atoms with E-state index in [1.807, 2.05) is 0 Å². The number of carbonyl (C=O) groups is 1. The summed E-state index contributed by atoms with van der Waals surface area (Å²) in [7, 11) is 0. The molecule has 2 N–H and O–H groups in total. The van der Waals surface area contributed by atoms with Gasteiger partial charge in [-0.25, -0.2) is 0 Å². The maximum absolute atomic E-state index is 13.1. The van der Waals surface area contributed by atoms with Gasteiger partial charge in [-0.05, 0) is 61.7 Å². The topological polar surface area (TPSA) is 41.1 Å². The van der Waals surface area contributed by atoms with Crippen LogP contribution in [0, 0.1) is 0 Å². The van der Waals surface area contributed by atoms with E-state index in [2.05, 4.69) is 10.6 Å². The van der Waals surface area contributed by atoms with Crippen LogP contribution in [-0.2, 0) is 12.4 Å². The van der Waals surface area contributed by atoms with Crippen LogP contribution in [0.2, 0.25) is 10.0 Å². The molecule has 2 aromatic rings. The number of benzene rings is 2. The van der Waals surface area contributed by atoms with Crippen molar-refractivity contribution in [1.29, 1.82) is 0 Å². The molecule has 0 saturated heterocycles. The van der Waals surface area contributed by atoms with Crippen LogP contribution < -0.4 is 10.6 Å². The Morgan fingerprint density at radius 1 is 0.914 bits per heavy atom. The first-order valence-electron chi connectivity index (χ1n) is 11.1. The molecule has 1 aliphatic rings. The van der Waals surface area contributed by atoms with E-state index in [1.165, 1.54) is 0 Å². The molecule has 3 nitrogen and oxygen atoms in total. The molecular formula is C24H24Cl2F6N2O. The van der Waals surface area contributed by atoms with Crippen molar-refractivity contribution in [3.8, 4) is 0 Å². The van der Waals surface area contributed by atoms with Crippen LogP contribution >= 0.6 is 23.2 Å². The van der Waals surface area contributed by atoms with Crippen molar-refractivity contribution in [1.82, 2.24) is 10.6 Å². The highest BCUT2D eigenvalue weighted by atomic mass is 35.5. The number of amides is 1. The molecule has 0 unspecified atom stereocenters. The van der Waals surface area contributed by atoms with Crippen LogP contribution in [0.15, 0.2) is 36.4 Å². The summed E-state index contributed by atoms with van der Waals surface area (Å²) < 4.78 is 78.9. The molecule has 35 heavy (non-hydrogen) atoms. The molecule has 1 amide bonds. The molecule has 192 valence electrons. The molecule has 0 radical (unpaired) electrons. The molecule has 1 aliphatic carbocycles. The monoisotopic (exact) mass is 540 g/mol. The maximum atomic E-state index is 13.1. The Bertz CT molecular complexity index is 1000. The summed E-state index contributed by atoms with van der Waals surface area (Å²) in [5.41, 5.74) is -3.06. The van der Waals surface area contributed by atoms with E-state index in [1.54, 1.807) is 18.2 Å². The first-order chi connectivity index (χ1) is 16.3. The summed E-state index contributed by atoms with van der Waals surface area (Å²) in [5, 5.41) is 6.59. The van der Waals surface area contributed by atoms with Crippen molar-refractivity contribution in [3.05, 3.63) is 68.7 Å². The molecule has 1 atom stereocenters. The first kappa shape index (κ1) is 27.6. The van der Waals surface area contributed by atoms with Gasteiger partial charge < -0.3 is 10.6 Å². The fourth-order valence-electron chi connectivity index (χ4n) is 4.15. The van der Waals surface area contributed by atoms with Crippen molar-refractivity contribution in [3.63, 3.8) is 0 Å². The standard InChI is InChI=1S/C24H24Cl2F6N2O/c25-20-6-5-14(11-21(20)26)15(7-8-33-19-3-1-2-4-19)13-34-22(35)16-9-17(23(27,28)29)12-18(10-16)24(30,31)32/h5-6,9-12,15,19,33H,1-4,7-8,13H2,(H,34,35)/t15-/m0/s1. The Morgan fingerprint density at radius 3 is 2.06 bits per heavy atom. The van der Waals surface area contributed by atoms with Crippen LogP contribution in [-0.4, -0.2) is 25.0 Å². The average Bonchev–Trinajstić information content (AvgIpc) is 3.30. The number of hydrogen-bond acceptors (Lipinski definition) is 2. The van der Waals surface area contributed by atoms with Gasteiger partial charge in [0.15, 0.2) is 0 Å². The lowest BCUT2D eigenvalue weighted by Crippen LogP contribution is -2.32. The SMILES string of the molecule is O=C(NC[C@H](CCNC1CCCC1)c1ccc(Cl)c(Cl)c1)c1cc(C(F)(F)F)cc(C(F)(F)F)c1. The van der Waals surface area contributed by atoms with Gasteiger partial charge in [-0.2, -0.15) is 26.3 Å². The minimum Gasteiger partial charge on any atom is -0.351 e. The molecule has 0 bridgehead atoms. The van der Waals surface area contributed by atoms with E-state index in [-0.39, 0.29) is 18.5 Å². The molecule has 3 rings (SSSR count). The zero-order valence-electron chi connectivity index (χ0n) is 18.5. The van der Waals surface area contributed by atoms with Crippen LogP contribution in [0.25, 0.3) is 0 Å². The number of carbonyl (C=O) groups excluding carboxylic acids is 1. The van der Waals surface area contributed by atoms with E-state index in [0.29, 0.717) is 41.2 Å². The third-order valence-corrected chi connectivity index (χ3v) is 6.79. The highest BCUT2D eigenvalue weighted by molar-refractivity contribution is 6.42. The van der Waals surface area contributed by atoms with Gasteiger partial charge >= 0.3 is 12.4 Å². The van der Waals surface area contributed by atoms with E-state index in [4.69, 9.17) is 23.2 Å². The summed E-state index contributed by atoms with van der Waals surface area (Å²) in [6.07, 6.45) is -5.06. The number of halogens is 8. The summed E-state index contributed by atoms with van der Waals surface area (Å²) in [4.78, 5) is 12.6. The van der Waals surface area contributed by atoms with Crippen LogP contribution in [0.4, 0.5) is 26.3 Å². The van der Waals surface area contributed by atoms with Crippen molar-refractivity contribution in [2.45, 2.75) is 56.4 Å². The smallest absolute Gasteiger partial charge is 0.351 e. The van der Waals surface area contributed by atoms with Crippen LogP contribution in [0.5, 0.6) is 0 Å². The Balaban J connectivity index is 1.77. The Kier molecular flexibility index (Phi) is 8.99. The second-order valence-corrected chi connectivity index (χ2v) is 9.41. The van der Waals surface area contributed by atoms with Crippen molar-refractivity contribution in [2.75, 3.05) is 13.1 Å². The second kappa shape index (κ2) is 11.4. The number of hydrogen-bond donors (Lipinski definition) is 2. The maximum Gasteiger partial charge on any atom is 0.416 e. The van der Waals surface area contributed by atoms with Gasteiger partial charge in [-0.15, -0.1) is 0 Å². The van der Waals surface area contributed by atoms with E-state index in [0.717, 1.165) is 31.2 Å². The largest absolute Gasteiger partial charge is 0.416 e. The summed E-state index contributed by atoms with van der Waals surface area (Å²) >= 11 is 12.1. The zero-order valence-corrected chi connectivity index (χ0v) is 20.0. The minimum absolute atomic E-state index is 0.00994. The van der Waals surface area contributed by atoms with Crippen LogP contribution in [0.3, 0.4) is 0 Å². The molecule has 0 heterocycles. The Hall–Kier alpha value is -1.97. The van der Waals surface area contributed by atoms with Gasteiger partial charge in [0, 0.05) is 24.1 Å². The van der Waals surface area contributed by atoms with E-state index < -0.39 is 35.0 Å². The Labute approximate surface area is 209 Å². The van der Waals surface area contributed by atoms with Gasteiger partial charge in [0.25, 0.3) is 5.91 Å². The lowest BCUT2D eigenvalue weighted by atomic mass is 9.95. The van der Waals surface area contributed by atoms with Crippen molar-refractivity contribution < 1.29 is 31.1 Å². The predicted molar refractivity (Wildman–Crippen MR) is 123 cm³/mol. The third-order valence-electron chi connectivity index (χ3n) is 6.05. The molecule has 0 aliphatic heterocycles. The molecule has 1 saturated carbocycles. The molecule has 0 aromatic heterocycles. The predicted octanol–water partition coefficient (Wildman–Crippen LogP) is 7.47. The lowest BCUT2D eigenvalue weighted by Gasteiger charge is -2.21. The van der Waals surface area contributed by atoms with Crippen molar-refractivity contribution >= 4 is 29.1 Å². The average molecular weight is 541 g/mol. The summed E-state index contributed by atoms with van der Waals surface area (Å²) in [5.74, 6) is -1.33.